The highest BCUT2D eigenvalue weighted by Crippen LogP contribution is 2.18. The van der Waals surface area contributed by atoms with Crippen molar-refractivity contribution >= 4 is 21.6 Å². The van der Waals surface area contributed by atoms with E-state index in [0.717, 1.165) is 5.56 Å². The third kappa shape index (κ3) is 6.11. The molecule has 1 atom stereocenters. The molecule has 2 aromatic rings. The molecule has 7 heteroatoms. The van der Waals surface area contributed by atoms with Gasteiger partial charge in [-0.05, 0) is 17.7 Å². The molecule has 0 heterocycles. The number of nitrogens with one attached hydrogen (secondary N) is 2. The Balaban J connectivity index is 1.90. The van der Waals surface area contributed by atoms with Gasteiger partial charge < -0.3 is 10.1 Å². The summed E-state index contributed by atoms with van der Waals surface area (Å²) in [6, 6.07) is 16.1. The van der Waals surface area contributed by atoms with Crippen molar-refractivity contribution in [2.45, 2.75) is 13.5 Å². The lowest BCUT2D eigenvalue weighted by molar-refractivity contribution is -0.124. The molecule has 1 unspecified atom stereocenters. The van der Waals surface area contributed by atoms with Crippen molar-refractivity contribution in [3.8, 4) is 5.75 Å². The Bertz CT molecular complexity index is 807. The average molecular weight is 362 g/mol. The lowest BCUT2D eigenvalue weighted by Gasteiger charge is -2.14. The first kappa shape index (κ1) is 18.8. The fourth-order valence-electron chi connectivity index (χ4n) is 2.27. The number of ether oxygens (including phenoxy) is 1. The molecule has 2 N–H and O–H groups in total. The molecule has 0 radical (unpaired) electrons. The molecule has 0 aliphatic rings. The normalized spacial score (nSPS) is 12.2. The third-order valence-corrected chi connectivity index (χ3v) is 5.06. The van der Waals surface area contributed by atoms with Gasteiger partial charge in [0, 0.05) is 12.6 Å². The zero-order valence-electron chi connectivity index (χ0n) is 14.2. The zero-order chi connectivity index (χ0) is 18.3. The molecular weight excluding hydrogens is 340 g/mol. The summed E-state index contributed by atoms with van der Waals surface area (Å²) in [6.45, 7) is 1.96. The van der Waals surface area contributed by atoms with Crippen molar-refractivity contribution in [3.05, 3.63) is 60.2 Å². The van der Waals surface area contributed by atoms with E-state index in [9.17, 15) is 13.2 Å². The zero-order valence-corrected chi connectivity index (χ0v) is 15.0. The lowest BCUT2D eigenvalue weighted by Crippen LogP contribution is -2.34. The summed E-state index contributed by atoms with van der Waals surface area (Å²) in [5, 5.41) is 2.75. The highest BCUT2D eigenvalue weighted by atomic mass is 32.2. The molecule has 134 valence electrons. The Morgan fingerprint density at radius 3 is 2.52 bits per heavy atom. The van der Waals surface area contributed by atoms with Crippen molar-refractivity contribution in [1.29, 1.82) is 0 Å². The largest absolute Gasteiger partial charge is 0.497 e. The van der Waals surface area contributed by atoms with E-state index < -0.39 is 15.9 Å². The molecule has 0 aromatic heterocycles. The van der Waals surface area contributed by atoms with E-state index in [1.54, 1.807) is 31.2 Å². The fraction of sp³-hybridized carbons (Fsp3) is 0.278. The van der Waals surface area contributed by atoms with E-state index in [-0.39, 0.29) is 11.7 Å². The smallest absolute Gasteiger partial charge is 0.233 e. The molecule has 0 aliphatic carbocycles. The maximum Gasteiger partial charge on any atom is 0.233 e. The summed E-state index contributed by atoms with van der Waals surface area (Å²) in [5.74, 6) is -0.731. The summed E-state index contributed by atoms with van der Waals surface area (Å²) in [7, 11) is -2.15. The van der Waals surface area contributed by atoms with Crippen LogP contribution in [0.25, 0.3) is 0 Å². The van der Waals surface area contributed by atoms with E-state index in [1.807, 2.05) is 30.3 Å². The fourth-order valence-corrected chi connectivity index (χ4v) is 3.65. The van der Waals surface area contributed by atoms with E-state index >= 15 is 0 Å². The number of benzene rings is 2. The SMILES string of the molecule is COc1cccc(NS(=O)(=O)CC(C)C(=O)NCc2ccccc2)c1. The molecule has 0 spiro atoms. The minimum atomic E-state index is -3.65. The van der Waals surface area contributed by atoms with Crippen LogP contribution in [0.3, 0.4) is 0 Å². The van der Waals surface area contributed by atoms with Crippen LogP contribution in [-0.4, -0.2) is 27.2 Å². The number of methoxy groups -OCH3 is 1. The first-order valence-electron chi connectivity index (χ1n) is 7.86. The van der Waals surface area contributed by atoms with Crippen molar-refractivity contribution < 1.29 is 17.9 Å². The van der Waals surface area contributed by atoms with Gasteiger partial charge in [0.15, 0.2) is 0 Å². The van der Waals surface area contributed by atoms with E-state index in [0.29, 0.717) is 18.0 Å². The van der Waals surface area contributed by atoms with Crippen LogP contribution < -0.4 is 14.8 Å². The predicted molar refractivity (Wildman–Crippen MR) is 97.9 cm³/mol. The van der Waals surface area contributed by atoms with Gasteiger partial charge in [-0.1, -0.05) is 43.3 Å². The molecule has 0 bridgehead atoms. The summed E-state index contributed by atoms with van der Waals surface area (Å²) >= 11 is 0. The molecule has 1 amide bonds. The van der Waals surface area contributed by atoms with Gasteiger partial charge in [-0.2, -0.15) is 0 Å². The minimum absolute atomic E-state index is 0.301. The van der Waals surface area contributed by atoms with Gasteiger partial charge >= 0.3 is 0 Å². The topological polar surface area (TPSA) is 84.5 Å². The minimum Gasteiger partial charge on any atom is -0.497 e. The van der Waals surface area contributed by atoms with Crippen LogP contribution in [0.5, 0.6) is 5.75 Å². The second-order valence-electron chi connectivity index (χ2n) is 5.72. The van der Waals surface area contributed by atoms with Crippen LogP contribution in [0.15, 0.2) is 54.6 Å². The van der Waals surface area contributed by atoms with Gasteiger partial charge in [0.2, 0.25) is 15.9 Å². The van der Waals surface area contributed by atoms with Gasteiger partial charge in [0.1, 0.15) is 5.75 Å². The van der Waals surface area contributed by atoms with Crippen molar-refractivity contribution in [2.24, 2.45) is 5.92 Å². The Kier molecular flexibility index (Phi) is 6.41. The first-order chi connectivity index (χ1) is 11.9. The van der Waals surface area contributed by atoms with Crippen LogP contribution in [-0.2, 0) is 21.4 Å². The second kappa shape index (κ2) is 8.53. The predicted octanol–water partition coefficient (Wildman–Crippen LogP) is 2.39. The summed E-state index contributed by atoms with van der Waals surface area (Å²) in [5.41, 5.74) is 1.36. The number of anilines is 1. The Labute approximate surface area is 148 Å². The van der Waals surface area contributed by atoms with Gasteiger partial charge in [0.05, 0.1) is 24.5 Å². The quantitative estimate of drug-likeness (QED) is 0.755. The molecule has 0 fully saturated rings. The molecule has 2 rings (SSSR count). The number of carbonyl (C=O) groups is 1. The summed E-state index contributed by atoms with van der Waals surface area (Å²) in [4.78, 5) is 12.1. The van der Waals surface area contributed by atoms with Crippen LogP contribution in [0.1, 0.15) is 12.5 Å². The molecule has 6 nitrogen and oxygen atoms in total. The summed E-state index contributed by atoms with van der Waals surface area (Å²) in [6.07, 6.45) is 0. The third-order valence-electron chi connectivity index (χ3n) is 3.57. The molecule has 0 saturated heterocycles. The molecule has 0 saturated carbocycles. The average Bonchev–Trinajstić information content (AvgIpc) is 2.59. The number of rotatable bonds is 8. The second-order valence-corrected chi connectivity index (χ2v) is 7.49. The van der Waals surface area contributed by atoms with E-state index in [1.165, 1.54) is 7.11 Å². The number of sulfonamides is 1. The first-order valence-corrected chi connectivity index (χ1v) is 9.51. The maximum atomic E-state index is 12.3. The van der Waals surface area contributed by atoms with Crippen molar-refractivity contribution in [2.75, 3.05) is 17.6 Å². The molecule has 25 heavy (non-hydrogen) atoms. The standard InChI is InChI=1S/C18H22N2O4S/c1-14(18(21)19-12-15-7-4-3-5-8-15)13-25(22,23)20-16-9-6-10-17(11-16)24-2/h3-11,14,20H,12-13H2,1-2H3,(H,19,21). The number of hydrogen-bond donors (Lipinski definition) is 2. The van der Waals surface area contributed by atoms with Gasteiger partial charge in [-0.15, -0.1) is 0 Å². The molecule has 2 aromatic carbocycles. The van der Waals surface area contributed by atoms with Gasteiger partial charge in [-0.3, -0.25) is 9.52 Å². The van der Waals surface area contributed by atoms with Crippen LogP contribution in [0, 0.1) is 5.92 Å². The molecule has 0 aliphatic heterocycles. The van der Waals surface area contributed by atoms with Crippen LogP contribution in [0.4, 0.5) is 5.69 Å². The van der Waals surface area contributed by atoms with Crippen molar-refractivity contribution in [3.63, 3.8) is 0 Å². The van der Waals surface area contributed by atoms with Crippen molar-refractivity contribution in [1.82, 2.24) is 5.32 Å². The van der Waals surface area contributed by atoms with Crippen LogP contribution >= 0.6 is 0 Å². The lowest BCUT2D eigenvalue weighted by atomic mass is 10.2. The number of carbonyl (C=O) groups excluding carboxylic acids is 1. The number of amides is 1. The van der Waals surface area contributed by atoms with E-state index in [4.69, 9.17) is 4.74 Å². The number of hydrogen-bond acceptors (Lipinski definition) is 4. The highest BCUT2D eigenvalue weighted by Gasteiger charge is 2.21. The summed E-state index contributed by atoms with van der Waals surface area (Å²) < 4.78 is 32.0. The highest BCUT2D eigenvalue weighted by molar-refractivity contribution is 7.92. The molecular formula is C18H22N2O4S. The Hall–Kier alpha value is -2.54. The van der Waals surface area contributed by atoms with Gasteiger partial charge in [-0.25, -0.2) is 8.42 Å². The monoisotopic (exact) mass is 362 g/mol. The van der Waals surface area contributed by atoms with Gasteiger partial charge in [0.25, 0.3) is 0 Å². The Morgan fingerprint density at radius 1 is 1.12 bits per heavy atom. The van der Waals surface area contributed by atoms with Crippen LogP contribution in [0.2, 0.25) is 0 Å². The maximum absolute atomic E-state index is 12.3. The Morgan fingerprint density at radius 2 is 1.84 bits per heavy atom. The van der Waals surface area contributed by atoms with E-state index in [2.05, 4.69) is 10.0 Å².